The summed E-state index contributed by atoms with van der Waals surface area (Å²) in [4.78, 5) is 8.26. The van der Waals surface area contributed by atoms with Gasteiger partial charge in [0.2, 0.25) is 0 Å². The van der Waals surface area contributed by atoms with Gasteiger partial charge in [0.15, 0.2) is 0 Å². The number of aromatic nitrogens is 1. The molecular weight excluding hydrogens is 270 g/mol. The van der Waals surface area contributed by atoms with E-state index in [4.69, 9.17) is 10.00 Å². The van der Waals surface area contributed by atoms with Gasteiger partial charge in [-0.05, 0) is 25.9 Å². The summed E-state index contributed by atoms with van der Waals surface area (Å²) in [7, 11) is 1.67. The standard InChI is InChI=1S/C15H23N3OS/c1-19-12-13-14(6-8-16)20-15(17-13)7-11-18-9-4-2-3-5-10-18/h2-7,9-12H2,1H3. The zero-order valence-electron chi connectivity index (χ0n) is 12.2. The summed E-state index contributed by atoms with van der Waals surface area (Å²) in [5.74, 6) is 0. The van der Waals surface area contributed by atoms with Crippen molar-refractivity contribution < 1.29 is 4.74 Å². The van der Waals surface area contributed by atoms with Crippen LogP contribution >= 0.6 is 11.3 Å². The molecule has 1 aliphatic heterocycles. The van der Waals surface area contributed by atoms with Crippen LogP contribution in [0.15, 0.2) is 0 Å². The fraction of sp³-hybridized carbons (Fsp3) is 0.733. The number of hydrogen-bond donors (Lipinski definition) is 0. The number of nitriles is 1. The smallest absolute Gasteiger partial charge is 0.0945 e. The zero-order valence-corrected chi connectivity index (χ0v) is 13.0. The third-order valence-electron chi connectivity index (χ3n) is 3.68. The quantitative estimate of drug-likeness (QED) is 0.809. The van der Waals surface area contributed by atoms with E-state index < -0.39 is 0 Å². The predicted octanol–water partition coefficient (Wildman–Crippen LogP) is 2.77. The Morgan fingerprint density at radius 2 is 2.05 bits per heavy atom. The summed E-state index contributed by atoms with van der Waals surface area (Å²) < 4.78 is 5.16. The third kappa shape index (κ3) is 4.55. The van der Waals surface area contributed by atoms with Crippen LogP contribution in [0.3, 0.4) is 0 Å². The van der Waals surface area contributed by atoms with Crippen molar-refractivity contribution in [2.75, 3.05) is 26.7 Å². The van der Waals surface area contributed by atoms with E-state index >= 15 is 0 Å². The highest BCUT2D eigenvalue weighted by Gasteiger charge is 2.13. The van der Waals surface area contributed by atoms with Crippen LogP contribution < -0.4 is 0 Å². The summed E-state index contributed by atoms with van der Waals surface area (Å²) in [5, 5.41) is 10.0. The van der Waals surface area contributed by atoms with E-state index in [1.54, 1.807) is 18.4 Å². The Balaban J connectivity index is 1.91. The van der Waals surface area contributed by atoms with Crippen molar-refractivity contribution >= 4 is 11.3 Å². The molecule has 1 fully saturated rings. The number of likely N-dealkylation sites (tertiary alicyclic amines) is 1. The molecule has 1 aromatic heterocycles. The van der Waals surface area contributed by atoms with Crippen molar-refractivity contribution in [3.63, 3.8) is 0 Å². The Kier molecular flexibility index (Phi) is 6.44. The average Bonchev–Trinajstić information content (AvgIpc) is 2.66. The average molecular weight is 293 g/mol. The molecule has 0 spiro atoms. The molecule has 0 aromatic carbocycles. The van der Waals surface area contributed by atoms with E-state index in [9.17, 15) is 0 Å². The Labute approximate surface area is 125 Å². The molecule has 0 saturated carbocycles. The topological polar surface area (TPSA) is 49.1 Å². The second kappa shape index (κ2) is 8.35. The number of rotatable bonds is 6. The minimum atomic E-state index is 0.445. The number of ether oxygens (including phenoxy) is 1. The van der Waals surface area contributed by atoms with E-state index in [0.717, 1.165) is 28.5 Å². The summed E-state index contributed by atoms with van der Waals surface area (Å²) in [6, 6.07) is 2.21. The Hall–Kier alpha value is -0.960. The van der Waals surface area contributed by atoms with Gasteiger partial charge in [0, 0.05) is 25.0 Å². The molecular formula is C15H23N3OS. The van der Waals surface area contributed by atoms with E-state index in [-0.39, 0.29) is 0 Å². The highest BCUT2D eigenvalue weighted by atomic mass is 32.1. The number of nitrogens with zero attached hydrogens (tertiary/aromatic N) is 3. The van der Waals surface area contributed by atoms with Crippen molar-refractivity contribution in [3.05, 3.63) is 15.6 Å². The summed E-state index contributed by atoms with van der Waals surface area (Å²) in [6.45, 7) is 4.05. The molecule has 0 N–H and O–H groups in total. The first-order valence-electron chi connectivity index (χ1n) is 7.39. The first-order valence-corrected chi connectivity index (χ1v) is 8.21. The van der Waals surface area contributed by atoms with Gasteiger partial charge >= 0.3 is 0 Å². The second-order valence-electron chi connectivity index (χ2n) is 5.25. The van der Waals surface area contributed by atoms with Crippen molar-refractivity contribution in [3.8, 4) is 6.07 Å². The molecule has 2 rings (SSSR count). The molecule has 0 bridgehead atoms. The number of methoxy groups -OCH3 is 1. The van der Waals surface area contributed by atoms with Crippen LogP contribution in [0.1, 0.15) is 41.3 Å². The molecule has 110 valence electrons. The lowest BCUT2D eigenvalue weighted by molar-refractivity contribution is 0.181. The van der Waals surface area contributed by atoms with Gasteiger partial charge in [-0.1, -0.05) is 12.8 Å². The minimum absolute atomic E-state index is 0.445. The van der Waals surface area contributed by atoms with Gasteiger partial charge in [0.1, 0.15) is 0 Å². The molecule has 2 heterocycles. The monoisotopic (exact) mass is 293 g/mol. The van der Waals surface area contributed by atoms with Gasteiger partial charge in [-0.3, -0.25) is 0 Å². The zero-order chi connectivity index (χ0) is 14.2. The lowest BCUT2D eigenvalue weighted by Gasteiger charge is -2.18. The fourth-order valence-electron chi connectivity index (χ4n) is 2.62. The lowest BCUT2D eigenvalue weighted by atomic mass is 10.2. The van der Waals surface area contributed by atoms with Crippen LogP contribution in [0.5, 0.6) is 0 Å². The minimum Gasteiger partial charge on any atom is -0.378 e. The van der Waals surface area contributed by atoms with Crippen LogP contribution in [0.2, 0.25) is 0 Å². The van der Waals surface area contributed by atoms with E-state index in [1.165, 1.54) is 38.8 Å². The van der Waals surface area contributed by atoms with E-state index in [0.29, 0.717) is 13.0 Å². The van der Waals surface area contributed by atoms with Gasteiger partial charge < -0.3 is 9.64 Å². The molecule has 1 aromatic rings. The number of hydrogen-bond acceptors (Lipinski definition) is 5. The van der Waals surface area contributed by atoms with Crippen LogP contribution in [0.25, 0.3) is 0 Å². The van der Waals surface area contributed by atoms with Crippen LogP contribution in [-0.2, 0) is 24.2 Å². The highest BCUT2D eigenvalue weighted by Crippen LogP contribution is 2.21. The molecule has 0 unspecified atom stereocenters. The Morgan fingerprint density at radius 1 is 1.30 bits per heavy atom. The van der Waals surface area contributed by atoms with Crippen molar-refractivity contribution in [1.82, 2.24) is 9.88 Å². The van der Waals surface area contributed by atoms with Crippen LogP contribution in [0, 0.1) is 11.3 Å². The molecule has 4 nitrogen and oxygen atoms in total. The molecule has 1 saturated heterocycles. The maximum Gasteiger partial charge on any atom is 0.0945 e. The summed E-state index contributed by atoms with van der Waals surface area (Å²) >= 11 is 1.68. The third-order valence-corrected chi connectivity index (χ3v) is 4.84. The van der Waals surface area contributed by atoms with Crippen LogP contribution in [-0.4, -0.2) is 36.6 Å². The Morgan fingerprint density at radius 3 is 2.70 bits per heavy atom. The first kappa shape index (κ1) is 15.4. The predicted molar refractivity (Wildman–Crippen MR) is 80.8 cm³/mol. The molecule has 5 heteroatoms. The van der Waals surface area contributed by atoms with Crippen molar-refractivity contribution in [2.24, 2.45) is 0 Å². The summed E-state index contributed by atoms with van der Waals surface area (Å²) in [5.41, 5.74) is 0.949. The lowest BCUT2D eigenvalue weighted by Crippen LogP contribution is -2.26. The van der Waals surface area contributed by atoms with E-state index in [2.05, 4.69) is 16.0 Å². The normalized spacial score (nSPS) is 16.8. The van der Waals surface area contributed by atoms with Crippen molar-refractivity contribution in [1.29, 1.82) is 5.26 Å². The van der Waals surface area contributed by atoms with Gasteiger partial charge in [0.05, 0.1) is 29.8 Å². The van der Waals surface area contributed by atoms with Crippen LogP contribution in [0.4, 0.5) is 0 Å². The van der Waals surface area contributed by atoms with Gasteiger partial charge in [0.25, 0.3) is 0 Å². The van der Waals surface area contributed by atoms with Gasteiger partial charge in [-0.2, -0.15) is 5.26 Å². The summed E-state index contributed by atoms with van der Waals surface area (Å²) in [6.07, 6.45) is 6.84. The molecule has 20 heavy (non-hydrogen) atoms. The maximum absolute atomic E-state index is 8.87. The molecule has 0 amide bonds. The molecule has 0 atom stereocenters. The molecule has 1 aliphatic rings. The highest BCUT2D eigenvalue weighted by molar-refractivity contribution is 7.11. The second-order valence-corrected chi connectivity index (χ2v) is 6.42. The fourth-order valence-corrected chi connectivity index (χ4v) is 3.61. The van der Waals surface area contributed by atoms with Gasteiger partial charge in [-0.15, -0.1) is 11.3 Å². The van der Waals surface area contributed by atoms with Gasteiger partial charge in [-0.25, -0.2) is 4.98 Å². The number of thiazole rings is 1. The Bertz CT molecular complexity index is 444. The molecule has 0 radical (unpaired) electrons. The van der Waals surface area contributed by atoms with E-state index in [1.807, 2.05) is 0 Å². The first-order chi connectivity index (χ1) is 9.83. The largest absolute Gasteiger partial charge is 0.378 e. The SMILES string of the molecule is COCc1nc(CCN2CCCCCC2)sc1CC#N. The maximum atomic E-state index is 8.87. The van der Waals surface area contributed by atoms with Crippen molar-refractivity contribution in [2.45, 2.75) is 45.1 Å². The molecule has 0 aliphatic carbocycles.